The molecular formula is C27H31N3O4. The molecule has 0 spiro atoms. The van der Waals surface area contributed by atoms with E-state index in [1.54, 1.807) is 19.1 Å². The van der Waals surface area contributed by atoms with Crippen molar-refractivity contribution in [2.45, 2.75) is 57.3 Å². The van der Waals surface area contributed by atoms with Crippen molar-refractivity contribution in [1.29, 1.82) is 0 Å². The Morgan fingerprint density at radius 3 is 2.59 bits per heavy atom. The number of carbonyl (C=O) groups is 2. The summed E-state index contributed by atoms with van der Waals surface area (Å²) in [6.45, 7) is 2.49. The standard InChI is InChI=1S/C27H31N3O4/c1-27(26(32)28-20-11-5-6-12-20)17-29-21-13-7-4-9-18(21)15-22(29)25(31)30(27)16-19-10-8-14-23(33-2)24(19)34-3/h4,7-10,13-15,20H,5-6,11-12,16-17H2,1-3H3,(H,28,32). The van der Waals surface area contributed by atoms with Crippen LogP contribution in [-0.2, 0) is 17.9 Å². The van der Waals surface area contributed by atoms with Gasteiger partial charge in [-0.1, -0.05) is 43.2 Å². The minimum Gasteiger partial charge on any atom is -0.493 e. The van der Waals surface area contributed by atoms with Crippen LogP contribution in [0.3, 0.4) is 0 Å². The van der Waals surface area contributed by atoms with Gasteiger partial charge in [-0.05, 0) is 38.0 Å². The summed E-state index contributed by atoms with van der Waals surface area (Å²) in [5.41, 5.74) is 1.28. The van der Waals surface area contributed by atoms with Crippen LogP contribution in [0, 0.1) is 0 Å². The third kappa shape index (κ3) is 3.59. The van der Waals surface area contributed by atoms with E-state index < -0.39 is 5.54 Å². The number of aromatic nitrogens is 1. The molecule has 2 heterocycles. The molecule has 3 aromatic rings. The second kappa shape index (κ2) is 8.70. The van der Waals surface area contributed by atoms with E-state index in [4.69, 9.17) is 9.47 Å². The lowest BCUT2D eigenvalue weighted by molar-refractivity contribution is -0.133. The van der Waals surface area contributed by atoms with Crippen molar-refractivity contribution in [3.8, 4) is 11.5 Å². The average Bonchev–Trinajstić information content (AvgIpc) is 3.49. The number of nitrogens with one attached hydrogen (secondary N) is 1. The van der Waals surface area contributed by atoms with Gasteiger partial charge in [-0.25, -0.2) is 0 Å². The molecule has 7 heteroatoms. The molecule has 1 aliphatic heterocycles. The number of ether oxygens (including phenoxy) is 2. The lowest BCUT2D eigenvalue weighted by Gasteiger charge is -2.44. The van der Waals surface area contributed by atoms with Gasteiger partial charge in [0, 0.05) is 22.5 Å². The van der Waals surface area contributed by atoms with Crippen LogP contribution in [0.5, 0.6) is 11.5 Å². The molecule has 2 aromatic carbocycles. The fourth-order valence-electron chi connectivity index (χ4n) is 5.41. The summed E-state index contributed by atoms with van der Waals surface area (Å²) < 4.78 is 13.1. The largest absolute Gasteiger partial charge is 0.493 e. The molecular weight excluding hydrogens is 430 g/mol. The van der Waals surface area contributed by atoms with E-state index in [2.05, 4.69) is 5.32 Å². The van der Waals surface area contributed by atoms with E-state index in [1.165, 1.54) is 0 Å². The van der Waals surface area contributed by atoms with Gasteiger partial charge < -0.3 is 24.3 Å². The highest BCUT2D eigenvalue weighted by atomic mass is 16.5. The van der Waals surface area contributed by atoms with E-state index >= 15 is 0 Å². The highest BCUT2D eigenvalue weighted by Gasteiger charge is 2.48. The van der Waals surface area contributed by atoms with Crippen LogP contribution in [0.25, 0.3) is 10.9 Å². The molecule has 1 saturated carbocycles. The summed E-state index contributed by atoms with van der Waals surface area (Å²) in [5.74, 6) is 0.882. The third-order valence-electron chi connectivity index (χ3n) is 7.33. The summed E-state index contributed by atoms with van der Waals surface area (Å²) in [4.78, 5) is 29.4. The molecule has 5 rings (SSSR count). The molecule has 2 aliphatic rings. The number of para-hydroxylation sites is 2. The molecule has 2 amide bonds. The van der Waals surface area contributed by atoms with Crippen LogP contribution in [0.15, 0.2) is 48.5 Å². The van der Waals surface area contributed by atoms with Gasteiger partial charge in [0.2, 0.25) is 5.91 Å². The summed E-state index contributed by atoms with van der Waals surface area (Å²) in [6, 6.07) is 15.6. The van der Waals surface area contributed by atoms with Crippen LogP contribution in [0.4, 0.5) is 0 Å². The fraction of sp³-hybridized carbons (Fsp3) is 0.407. The third-order valence-corrected chi connectivity index (χ3v) is 7.33. The molecule has 1 fully saturated rings. The molecule has 178 valence electrons. The van der Waals surface area contributed by atoms with Crippen LogP contribution < -0.4 is 14.8 Å². The predicted molar refractivity (Wildman–Crippen MR) is 130 cm³/mol. The molecule has 1 aliphatic carbocycles. The molecule has 34 heavy (non-hydrogen) atoms. The number of fused-ring (bicyclic) bond motifs is 3. The molecule has 1 atom stereocenters. The SMILES string of the molecule is COc1cccc(CN2C(=O)c3cc4ccccc4n3CC2(C)C(=O)NC2CCCC2)c1OC. The van der Waals surface area contributed by atoms with Gasteiger partial charge in [0.25, 0.3) is 5.91 Å². The Hall–Kier alpha value is -3.48. The summed E-state index contributed by atoms with van der Waals surface area (Å²) in [7, 11) is 3.18. The fourth-order valence-corrected chi connectivity index (χ4v) is 5.41. The Balaban J connectivity index is 1.59. The molecule has 0 radical (unpaired) electrons. The number of rotatable bonds is 6. The van der Waals surface area contributed by atoms with Gasteiger partial charge in [0.15, 0.2) is 11.5 Å². The first-order valence-corrected chi connectivity index (χ1v) is 11.9. The van der Waals surface area contributed by atoms with Crippen molar-refractivity contribution in [2.24, 2.45) is 0 Å². The van der Waals surface area contributed by atoms with Crippen molar-refractivity contribution in [3.05, 3.63) is 59.8 Å². The second-order valence-corrected chi connectivity index (χ2v) is 9.45. The monoisotopic (exact) mass is 461 g/mol. The zero-order chi connectivity index (χ0) is 23.9. The highest BCUT2D eigenvalue weighted by molar-refractivity contribution is 6.03. The average molecular weight is 462 g/mol. The summed E-state index contributed by atoms with van der Waals surface area (Å²) in [6.07, 6.45) is 4.21. The number of amides is 2. The number of carbonyl (C=O) groups excluding carboxylic acids is 2. The zero-order valence-corrected chi connectivity index (χ0v) is 20.0. The number of hydrogen-bond acceptors (Lipinski definition) is 4. The van der Waals surface area contributed by atoms with Gasteiger partial charge >= 0.3 is 0 Å². The summed E-state index contributed by atoms with van der Waals surface area (Å²) in [5, 5.41) is 4.24. The van der Waals surface area contributed by atoms with Gasteiger partial charge in [0.1, 0.15) is 11.2 Å². The lowest BCUT2D eigenvalue weighted by atomic mass is 9.93. The van der Waals surface area contributed by atoms with Gasteiger partial charge in [0.05, 0.1) is 27.3 Å². The molecule has 1 aromatic heterocycles. The van der Waals surface area contributed by atoms with E-state index in [1.807, 2.05) is 60.0 Å². The number of benzene rings is 2. The maximum absolute atomic E-state index is 14.0. The maximum Gasteiger partial charge on any atom is 0.271 e. The van der Waals surface area contributed by atoms with E-state index in [0.717, 1.165) is 42.1 Å². The Kier molecular flexibility index (Phi) is 5.71. The number of hydrogen-bond donors (Lipinski definition) is 1. The number of nitrogens with zero attached hydrogens (tertiary/aromatic N) is 2. The van der Waals surface area contributed by atoms with Crippen molar-refractivity contribution < 1.29 is 19.1 Å². The lowest BCUT2D eigenvalue weighted by Crippen LogP contribution is -2.64. The normalized spacial score (nSPS) is 20.4. The Labute approximate surface area is 199 Å². The van der Waals surface area contributed by atoms with Crippen molar-refractivity contribution in [1.82, 2.24) is 14.8 Å². The quantitative estimate of drug-likeness (QED) is 0.599. The first-order chi connectivity index (χ1) is 16.5. The van der Waals surface area contributed by atoms with Crippen LogP contribution in [0.2, 0.25) is 0 Å². The van der Waals surface area contributed by atoms with E-state index in [9.17, 15) is 9.59 Å². The van der Waals surface area contributed by atoms with Crippen LogP contribution in [0.1, 0.15) is 48.7 Å². The first-order valence-electron chi connectivity index (χ1n) is 11.9. The summed E-state index contributed by atoms with van der Waals surface area (Å²) >= 11 is 0. The molecule has 1 N–H and O–H groups in total. The van der Waals surface area contributed by atoms with Crippen LogP contribution >= 0.6 is 0 Å². The van der Waals surface area contributed by atoms with Gasteiger partial charge in [-0.15, -0.1) is 0 Å². The maximum atomic E-state index is 14.0. The van der Waals surface area contributed by atoms with Crippen LogP contribution in [-0.4, -0.2) is 47.1 Å². The first kappa shape index (κ1) is 22.3. The Morgan fingerprint density at radius 2 is 1.85 bits per heavy atom. The minimum atomic E-state index is -1.07. The van der Waals surface area contributed by atoms with Crippen molar-refractivity contribution in [2.75, 3.05) is 14.2 Å². The number of methoxy groups -OCH3 is 2. The zero-order valence-electron chi connectivity index (χ0n) is 20.0. The Morgan fingerprint density at radius 1 is 1.09 bits per heavy atom. The van der Waals surface area contributed by atoms with E-state index in [-0.39, 0.29) is 24.4 Å². The van der Waals surface area contributed by atoms with Gasteiger partial charge in [-0.3, -0.25) is 9.59 Å². The minimum absolute atomic E-state index is 0.113. The molecule has 1 unspecified atom stereocenters. The second-order valence-electron chi connectivity index (χ2n) is 9.45. The van der Waals surface area contributed by atoms with E-state index in [0.29, 0.717) is 23.7 Å². The molecule has 0 saturated heterocycles. The predicted octanol–water partition coefficient (Wildman–Crippen LogP) is 4.13. The topological polar surface area (TPSA) is 72.8 Å². The van der Waals surface area contributed by atoms with Crippen molar-refractivity contribution >= 4 is 22.7 Å². The molecule has 0 bridgehead atoms. The smallest absolute Gasteiger partial charge is 0.271 e. The Bertz CT molecular complexity index is 1240. The van der Waals surface area contributed by atoms with Gasteiger partial charge in [-0.2, -0.15) is 0 Å². The molecule has 7 nitrogen and oxygen atoms in total. The van der Waals surface area contributed by atoms with Crippen molar-refractivity contribution in [3.63, 3.8) is 0 Å². The highest BCUT2D eigenvalue weighted by Crippen LogP contribution is 2.37.